The number of rotatable bonds is 5. The average molecular weight is 346 g/mol. The van der Waals surface area contributed by atoms with Crippen LogP contribution in [0.4, 0.5) is 14.5 Å². The molecular formula is C19H20F2N2O2. The Morgan fingerprint density at radius 3 is 2.60 bits per heavy atom. The van der Waals surface area contributed by atoms with Gasteiger partial charge < -0.3 is 10.0 Å². The predicted molar refractivity (Wildman–Crippen MR) is 90.0 cm³/mol. The number of aliphatic hydroxyl groups excluding tert-OH is 1. The molecule has 0 unspecified atom stereocenters. The van der Waals surface area contributed by atoms with Crippen LogP contribution in [0.3, 0.4) is 0 Å². The minimum absolute atomic E-state index is 0.0647. The number of anilines is 1. The van der Waals surface area contributed by atoms with E-state index in [4.69, 9.17) is 0 Å². The van der Waals surface area contributed by atoms with Gasteiger partial charge in [-0.25, -0.2) is 8.78 Å². The van der Waals surface area contributed by atoms with Crippen molar-refractivity contribution in [1.29, 1.82) is 0 Å². The van der Waals surface area contributed by atoms with Crippen LogP contribution in [0.1, 0.15) is 37.1 Å². The lowest BCUT2D eigenvalue weighted by Gasteiger charge is -2.21. The molecule has 0 spiro atoms. The quantitative estimate of drug-likeness (QED) is 0.903. The Labute approximate surface area is 145 Å². The Bertz CT molecular complexity index is 762. The summed E-state index contributed by atoms with van der Waals surface area (Å²) in [5.41, 5.74) is 1.65. The maximum atomic E-state index is 13.3. The zero-order valence-electron chi connectivity index (χ0n) is 14.0. The van der Waals surface area contributed by atoms with Gasteiger partial charge in [-0.1, -0.05) is 6.92 Å². The Hall–Kier alpha value is -2.34. The van der Waals surface area contributed by atoms with E-state index in [9.17, 15) is 18.7 Å². The molecular weight excluding hydrogens is 326 g/mol. The van der Waals surface area contributed by atoms with Crippen molar-refractivity contribution in [2.24, 2.45) is 5.92 Å². The fraction of sp³-hybridized carbons (Fsp3) is 0.368. The van der Waals surface area contributed by atoms with E-state index in [1.54, 1.807) is 30.2 Å². The van der Waals surface area contributed by atoms with E-state index < -0.39 is 17.7 Å². The second kappa shape index (κ2) is 7.27. The highest BCUT2D eigenvalue weighted by molar-refractivity contribution is 5.95. The molecule has 1 aliphatic heterocycles. The van der Waals surface area contributed by atoms with E-state index in [0.29, 0.717) is 30.6 Å². The van der Waals surface area contributed by atoms with Crippen LogP contribution < -0.4 is 4.90 Å². The van der Waals surface area contributed by atoms with Gasteiger partial charge in [0.25, 0.3) is 0 Å². The van der Waals surface area contributed by atoms with Crippen LogP contribution in [0, 0.1) is 17.6 Å². The molecule has 2 aromatic rings. The molecule has 2 heterocycles. The van der Waals surface area contributed by atoms with Crippen molar-refractivity contribution in [3.05, 3.63) is 59.4 Å². The lowest BCUT2D eigenvalue weighted by molar-refractivity contribution is -0.117. The van der Waals surface area contributed by atoms with Crippen LogP contribution >= 0.6 is 0 Å². The molecule has 6 heteroatoms. The van der Waals surface area contributed by atoms with Gasteiger partial charge in [0.15, 0.2) is 0 Å². The van der Waals surface area contributed by atoms with Crippen molar-refractivity contribution in [3.63, 3.8) is 0 Å². The largest absolute Gasteiger partial charge is 0.387 e. The third-order valence-electron chi connectivity index (χ3n) is 4.47. The minimum Gasteiger partial charge on any atom is -0.387 e. The summed E-state index contributed by atoms with van der Waals surface area (Å²) in [6.07, 6.45) is 2.32. The summed E-state index contributed by atoms with van der Waals surface area (Å²) in [5, 5.41) is 10.6. The maximum absolute atomic E-state index is 13.3. The third kappa shape index (κ3) is 4.02. The molecule has 1 amide bonds. The SMILES string of the molecule is C[C@@H](Cc1cc(F)cc(F)c1)[C@H](O)c1cc(N2CCCC2=O)ccn1. The second-order valence-electron chi connectivity index (χ2n) is 6.49. The molecule has 1 aromatic carbocycles. The van der Waals surface area contributed by atoms with Gasteiger partial charge in [0.2, 0.25) is 5.91 Å². The maximum Gasteiger partial charge on any atom is 0.227 e. The van der Waals surface area contributed by atoms with E-state index in [1.165, 1.54) is 12.1 Å². The van der Waals surface area contributed by atoms with Crippen molar-refractivity contribution in [2.45, 2.75) is 32.3 Å². The summed E-state index contributed by atoms with van der Waals surface area (Å²) in [6.45, 7) is 2.46. The molecule has 0 saturated carbocycles. The van der Waals surface area contributed by atoms with Crippen LogP contribution in [-0.4, -0.2) is 22.5 Å². The van der Waals surface area contributed by atoms with E-state index in [-0.39, 0.29) is 11.8 Å². The molecule has 4 nitrogen and oxygen atoms in total. The number of aliphatic hydroxyl groups is 1. The highest BCUT2D eigenvalue weighted by atomic mass is 19.1. The number of aromatic nitrogens is 1. The van der Waals surface area contributed by atoms with Crippen LogP contribution in [0.25, 0.3) is 0 Å². The summed E-state index contributed by atoms with van der Waals surface area (Å²) >= 11 is 0. The van der Waals surface area contributed by atoms with E-state index in [2.05, 4.69) is 4.98 Å². The Kier molecular flexibility index (Phi) is 5.08. The van der Waals surface area contributed by atoms with Crippen LogP contribution in [-0.2, 0) is 11.2 Å². The highest BCUT2D eigenvalue weighted by Crippen LogP contribution is 2.28. The number of hydrogen-bond acceptors (Lipinski definition) is 3. The minimum atomic E-state index is -0.899. The first-order valence-corrected chi connectivity index (χ1v) is 8.33. The molecule has 1 fully saturated rings. The van der Waals surface area contributed by atoms with Gasteiger partial charge in [-0.05, 0) is 48.6 Å². The van der Waals surface area contributed by atoms with Crippen LogP contribution in [0.5, 0.6) is 0 Å². The summed E-state index contributed by atoms with van der Waals surface area (Å²) in [5.74, 6) is -1.50. The number of hydrogen-bond donors (Lipinski definition) is 1. The van der Waals surface area contributed by atoms with Gasteiger partial charge in [0.05, 0.1) is 11.8 Å². The molecule has 0 radical (unpaired) electrons. The fourth-order valence-corrected chi connectivity index (χ4v) is 3.19. The monoisotopic (exact) mass is 346 g/mol. The summed E-state index contributed by atoms with van der Waals surface area (Å²) in [6, 6.07) is 6.80. The second-order valence-corrected chi connectivity index (χ2v) is 6.49. The first-order chi connectivity index (χ1) is 11.9. The molecule has 3 rings (SSSR count). The number of carbonyl (C=O) groups excluding carboxylic acids is 1. The number of benzene rings is 1. The van der Waals surface area contributed by atoms with E-state index in [1.807, 2.05) is 0 Å². The summed E-state index contributed by atoms with van der Waals surface area (Å²) < 4.78 is 26.6. The van der Waals surface area contributed by atoms with Gasteiger partial charge in [0.1, 0.15) is 11.6 Å². The molecule has 0 aliphatic carbocycles. The lowest BCUT2D eigenvalue weighted by Crippen LogP contribution is -2.24. The van der Waals surface area contributed by atoms with Crippen molar-refractivity contribution >= 4 is 11.6 Å². The molecule has 0 bridgehead atoms. The molecule has 132 valence electrons. The fourth-order valence-electron chi connectivity index (χ4n) is 3.19. The molecule has 1 aromatic heterocycles. The lowest BCUT2D eigenvalue weighted by atomic mass is 9.93. The Balaban J connectivity index is 1.75. The van der Waals surface area contributed by atoms with Gasteiger partial charge in [-0.3, -0.25) is 9.78 Å². The molecule has 1 saturated heterocycles. The van der Waals surface area contributed by atoms with Crippen molar-refractivity contribution in [1.82, 2.24) is 4.98 Å². The average Bonchev–Trinajstić information content (AvgIpc) is 2.99. The van der Waals surface area contributed by atoms with Crippen molar-refractivity contribution in [3.8, 4) is 0 Å². The Morgan fingerprint density at radius 2 is 1.96 bits per heavy atom. The normalized spacial score (nSPS) is 17.0. The van der Waals surface area contributed by atoms with Gasteiger partial charge >= 0.3 is 0 Å². The van der Waals surface area contributed by atoms with Crippen LogP contribution in [0.2, 0.25) is 0 Å². The van der Waals surface area contributed by atoms with Crippen molar-refractivity contribution < 1.29 is 18.7 Å². The number of halogens is 2. The number of nitrogens with zero attached hydrogens (tertiary/aromatic N) is 2. The molecule has 2 atom stereocenters. The van der Waals surface area contributed by atoms with E-state index in [0.717, 1.165) is 18.2 Å². The standard InChI is InChI=1S/C19H20F2N2O2/c1-12(7-13-8-14(20)10-15(21)9-13)19(25)17-11-16(4-5-22-17)23-6-2-3-18(23)24/h4-5,8-12,19,25H,2-3,6-7H2,1H3/t12-,19-/m0/s1. The van der Waals surface area contributed by atoms with Gasteiger partial charge in [-0.2, -0.15) is 0 Å². The zero-order chi connectivity index (χ0) is 18.0. The summed E-state index contributed by atoms with van der Waals surface area (Å²) in [7, 11) is 0. The zero-order valence-corrected chi connectivity index (χ0v) is 14.0. The smallest absolute Gasteiger partial charge is 0.227 e. The van der Waals surface area contributed by atoms with Gasteiger partial charge in [0, 0.05) is 30.9 Å². The van der Waals surface area contributed by atoms with Crippen molar-refractivity contribution in [2.75, 3.05) is 11.4 Å². The molecule has 25 heavy (non-hydrogen) atoms. The van der Waals surface area contributed by atoms with E-state index >= 15 is 0 Å². The summed E-state index contributed by atoms with van der Waals surface area (Å²) in [4.78, 5) is 17.7. The molecule has 1 N–H and O–H groups in total. The Morgan fingerprint density at radius 1 is 1.24 bits per heavy atom. The predicted octanol–water partition coefficient (Wildman–Crippen LogP) is 3.40. The van der Waals surface area contributed by atoms with Gasteiger partial charge in [-0.15, -0.1) is 0 Å². The number of pyridine rings is 1. The molecule has 1 aliphatic rings. The highest BCUT2D eigenvalue weighted by Gasteiger charge is 2.24. The van der Waals surface area contributed by atoms with Crippen LogP contribution in [0.15, 0.2) is 36.5 Å². The number of amides is 1. The topological polar surface area (TPSA) is 53.4 Å². The third-order valence-corrected chi connectivity index (χ3v) is 4.47. The number of carbonyl (C=O) groups is 1. The first-order valence-electron chi connectivity index (χ1n) is 8.33. The first kappa shape index (κ1) is 17.5.